The lowest BCUT2D eigenvalue weighted by molar-refractivity contribution is -0.384. The number of aromatic nitrogens is 3. The van der Waals surface area contributed by atoms with Gasteiger partial charge in [0.2, 0.25) is 5.91 Å². The first-order chi connectivity index (χ1) is 18.0. The van der Waals surface area contributed by atoms with Crippen molar-refractivity contribution in [3.63, 3.8) is 0 Å². The number of nitro benzene ring substituents is 1. The van der Waals surface area contributed by atoms with Crippen molar-refractivity contribution in [3.05, 3.63) is 112 Å². The van der Waals surface area contributed by atoms with Crippen LogP contribution in [0, 0.1) is 10.1 Å². The van der Waals surface area contributed by atoms with Gasteiger partial charge in [-0.25, -0.2) is 0 Å². The molecule has 1 aromatic heterocycles. The standard InChI is InChI=1S/C28H29N5O3S/c1-2-3-14-26(34)29-25(19-21-10-6-4-7-11-21)27-30-31-28(37-20-22-12-8-5-9-13-22)32(27)23-15-17-24(18-16-23)33(35)36/h4-13,15-18,25H,2-3,14,19-20H2,1H3,(H,29,34). The van der Waals surface area contributed by atoms with Crippen LogP contribution in [0.25, 0.3) is 5.69 Å². The number of hydrogen-bond donors (Lipinski definition) is 1. The molecule has 0 aliphatic carbocycles. The number of carbonyl (C=O) groups excluding carboxylic acids is 1. The minimum atomic E-state index is -0.430. The predicted molar refractivity (Wildman–Crippen MR) is 145 cm³/mol. The SMILES string of the molecule is CCCCC(=O)NC(Cc1ccccc1)c1nnc(SCc2ccccc2)n1-c1ccc([N+](=O)[O-])cc1. The molecule has 9 heteroatoms. The van der Waals surface area contributed by atoms with Crippen LogP contribution in [0.1, 0.15) is 49.2 Å². The van der Waals surface area contributed by atoms with E-state index in [0.717, 1.165) is 24.0 Å². The van der Waals surface area contributed by atoms with E-state index in [4.69, 9.17) is 0 Å². The minimum Gasteiger partial charge on any atom is -0.346 e. The van der Waals surface area contributed by atoms with Gasteiger partial charge in [-0.2, -0.15) is 0 Å². The van der Waals surface area contributed by atoms with Crippen molar-refractivity contribution < 1.29 is 9.72 Å². The highest BCUT2D eigenvalue weighted by Crippen LogP contribution is 2.30. The van der Waals surface area contributed by atoms with E-state index < -0.39 is 11.0 Å². The van der Waals surface area contributed by atoms with Crippen LogP contribution in [0.15, 0.2) is 90.1 Å². The fourth-order valence-corrected chi connectivity index (χ4v) is 4.86. The Hall–Kier alpha value is -3.98. The number of nitro groups is 1. The summed E-state index contributed by atoms with van der Waals surface area (Å²) in [6.45, 7) is 2.05. The maximum Gasteiger partial charge on any atom is 0.269 e. The number of nitrogens with zero attached hydrogens (tertiary/aromatic N) is 4. The van der Waals surface area contributed by atoms with Crippen molar-refractivity contribution in [3.8, 4) is 5.69 Å². The van der Waals surface area contributed by atoms with E-state index in [-0.39, 0.29) is 11.6 Å². The summed E-state index contributed by atoms with van der Waals surface area (Å²) in [6.07, 6.45) is 2.70. The third kappa shape index (κ3) is 7.04. The zero-order valence-electron chi connectivity index (χ0n) is 20.6. The molecule has 1 unspecified atom stereocenters. The second kappa shape index (κ2) is 12.8. The molecule has 0 saturated heterocycles. The van der Waals surface area contributed by atoms with E-state index in [1.165, 1.54) is 23.9 Å². The maximum atomic E-state index is 12.8. The summed E-state index contributed by atoms with van der Waals surface area (Å²) in [7, 11) is 0. The van der Waals surface area contributed by atoms with Gasteiger partial charge in [0.1, 0.15) is 0 Å². The Morgan fingerprint density at radius 3 is 2.24 bits per heavy atom. The number of rotatable bonds is 12. The monoisotopic (exact) mass is 515 g/mol. The van der Waals surface area contributed by atoms with Gasteiger partial charge in [-0.3, -0.25) is 19.5 Å². The van der Waals surface area contributed by atoms with Crippen LogP contribution in [0.3, 0.4) is 0 Å². The van der Waals surface area contributed by atoms with Crippen LogP contribution < -0.4 is 5.32 Å². The van der Waals surface area contributed by atoms with Crippen LogP contribution in [-0.2, 0) is 17.0 Å². The smallest absolute Gasteiger partial charge is 0.269 e. The zero-order valence-corrected chi connectivity index (χ0v) is 21.4. The lowest BCUT2D eigenvalue weighted by atomic mass is 10.0. The Balaban J connectivity index is 1.73. The van der Waals surface area contributed by atoms with Crippen molar-refractivity contribution in [2.45, 2.75) is 49.6 Å². The number of hydrogen-bond acceptors (Lipinski definition) is 6. The Labute approximate surface area is 220 Å². The van der Waals surface area contributed by atoms with Crippen LogP contribution in [-0.4, -0.2) is 25.6 Å². The van der Waals surface area contributed by atoms with Crippen LogP contribution in [0.4, 0.5) is 5.69 Å². The summed E-state index contributed by atoms with van der Waals surface area (Å²) in [6, 6.07) is 25.9. The van der Waals surface area contributed by atoms with Crippen molar-refractivity contribution >= 4 is 23.4 Å². The largest absolute Gasteiger partial charge is 0.346 e. The third-order valence-electron chi connectivity index (χ3n) is 5.87. The molecule has 4 rings (SSSR count). The zero-order chi connectivity index (χ0) is 26.0. The summed E-state index contributed by atoms with van der Waals surface area (Å²) < 4.78 is 1.89. The molecule has 1 heterocycles. The van der Waals surface area contributed by atoms with Crippen molar-refractivity contribution in [2.24, 2.45) is 0 Å². The minimum absolute atomic E-state index is 0.00515. The first-order valence-electron chi connectivity index (χ1n) is 12.2. The Morgan fingerprint density at radius 1 is 0.973 bits per heavy atom. The Kier molecular flexibility index (Phi) is 9.04. The second-order valence-electron chi connectivity index (χ2n) is 8.64. The van der Waals surface area contributed by atoms with Crippen molar-refractivity contribution in [1.82, 2.24) is 20.1 Å². The van der Waals surface area contributed by atoms with Gasteiger partial charge in [-0.1, -0.05) is 85.8 Å². The first-order valence-corrected chi connectivity index (χ1v) is 13.2. The van der Waals surface area contributed by atoms with Crippen molar-refractivity contribution in [1.29, 1.82) is 0 Å². The number of nitrogens with one attached hydrogen (secondary N) is 1. The van der Waals surface area contributed by atoms with Crippen LogP contribution >= 0.6 is 11.8 Å². The number of unbranched alkanes of at least 4 members (excludes halogenated alkanes) is 1. The van der Waals surface area contributed by atoms with Gasteiger partial charge in [0.25, 0.3) is 5.69 Å². The molecule has 0 aliphatic heterocycles. The molecule has 190 valence electrons. The molecule has 3 aromatic carbocycles. The van der Waals surface area contributed by atoms with Gasteiger partial charge in [0.15, 0.2) is 11.0 Å². The molecular weight excluding hydrogens is 486 g/mol. The van der Waals surface area contributed by atoms with E-state index in [0.29, 0.717) is 35.3 Å². The van der Waals surface area contributed by atoms with E-state index in [9.17, 15) is 14.9 Å². The lowest BCUT2D eigenvalue weighted by Crippen LogP contribution is -2.31. The molecular formula is C28H29N5O3S. The lowest BCUT2D eigenvalue weighted by Gasteiger charge is -2.20. The van der Waals surface area contributed by atoms with E-state index in [1.54, 1.807) is 12.1 Å². The molecule has 4 aromatic rings. The van der Waals surface area contributed by atoms with E-state index in [1.807, 2.05) is 65.2 Å². The molecule has 1 atom stereocenters. The molecule has 0 aliphatic rings. The maximum absolute atomic E-state index is 12.8. The number of carbonyl (C=O) groups is 1. The third-order valence-corrected chi connectivity index (χ3v) is 6.87. The average Bonchev–Trinajstić information content (AvgIpc) is 3.35. The molecule has 0 spiro atoms. The highest BCUT2D eigenvalue weighted by atomic mass is 32.2. The highest BCUT2D eigenvalue weighted by molar-refractivity contribution is 7.98. The predicted octanol–water partition coefficient (Wildman–Crippen LogP) is 6.06. The molecule has 37 heavy (non-hydrogen) atoms. The summed E-state index contributed by atoms with van der Waals surface area (Å²) in [5, 5.41) is 24.1. The Bertz CT molecular complexity index is 1310. The molecule has 0 radical (unpaired) electrons. The number of non-ortho nitro benzene ring substituents is 1. The van der Waals surface area contributed by atoms with Crippen LogP contribution in [0.2, 0.25) is 0 Å². The van der Waals surface area contributed by atoms with Crippen LogP contribution in [0.5, 0.6) is 0 Å². The fourth-order valence-electron chi connectivity index (χ4n) is 3.95. The fraction of sp³-hybridized carbons (Fsp3) is 0.250. The summed E-state index contributed by atoms with van der Waals surface area (Å²) >= 11 is 1.53. The summed E-state index contributed by atoms with van der Waals surface area (Å²) in [5.41, 5.74) is 2.90. The quantitative estimate of drug-likeness (QED) is 0.140. The van der Waals surface area contributed by atoms with E-state index >= 15 is 0 Å². The highest BCUT2D eigenvalue weighted by Gasteiger charge is 2.25. The van der Waals surface area contributed by atoms with Gasteiger partial charge >= 0.3 is 0 Å². The number of benzene rings is 3. The van der Waals surface area contributed by atoms with E-state index in [2.05, 4.69) is 22.4 Å². The van der Waals surface area contributed by atoms with Gasteiger partial charge in [-0.15, -0.1) is 10.2 Å². The average molecular weight is 516 g/mol. The first kappa shape index (κ1) is 26.1. The molecule has 0 saturated carbocycles. The van der Waals surface area contributed by atoms with Gasteiger partial charge < -0.3 is 5.32 Å². The van der Waals surface area contributed by atoms with Crippen molar-refractivity contribution in [2.75, 3.05) is 0 Å². The molecule has 8 nitrogen and oxygen atoms in total. The molecule has 1 amide bonds. The summed E-state index contributed by atoms with van der Waals surface area (Å²) in [5.74, 6) is 1.22. The number of amides is 1. The Morgan fingerprint density at radius 2 is 1.62 bits per heavy atom. The van der Waals surface area contributed by atoms with Gasteiger partial charge in [0, 0.05) is 30.0 Å². The normalized spacial score (nSPS) is 11.7. The number of thioether (sulfide) groups is 1. The molecule has 0 fully saturated rings. The second-order valence-corrected chi connectivity index (χ2v) is 9.58. The van der Waals surface area contributed by atoms with Gasteiger partial charge in [-0.05, 0) is 36.1 Å². The molecule has 0 bridgehead atoms. The molecule has 1 N–H and O–H groups in total. The topological polar surface area (TPSA) is 103 Å². The van der Waals surface area contributed by atoms with Gasteiger partial charge in [0.05, 0.1) is 11.0 Å². The summed E-state index contributed by atoms with van der Waals surface area (Å²) in [4.78, 5) is 23.6.